The van der Waals surface area contributed by atoms with Gasteiger partial charge in [-0.25, -0.2) is 4.99 Å². The van der Waals surface area contributed by atoms with E-state index in [2.05, 4.69) is 36.1 Å². The van der Waals surface area contributed by atoms with Crippen molar-refractivity contribution in [3.05, 3.63) is 95.6 Å². The quantitative estimate of drug-likeness (QED) is 0.613. The Hall–Kier alpha value is -3.24. The molecule has 4 heteroatoms. The van der Waals surface area contributed by atoms with E-state index in [1.54, 1.807) is 0 Å². The van der Waals surface area contributed by atoms with E-state index in [1.165, 1.54) is 11.1 Å². The van der Waals surface area contributed by atoms with Crippen LogP contribution in [0.4, 0.5) is 11.4 Å². The summed E-state index contributed by atoms with van der Waals surface area (Å²) in [5.74, 6) is -0.0503. The number of aryl methyl sites for hydroxylation is 1. The number of hydrogen-bond acceptors (Lipinski definition) is 3. The number of anilines is 1. The molecule has 0 atom stereocenters. The molecule has 0 bridgehead atoms. The van der Waals surface area contributed by atoms with E-state index in [9.17, 15) is 4.79 Å². The van der Waals surface area contributed by atoms with Crippen molar-refractivity contribution in [2.24, 2.45) is 4.99 Å². The second-order valence-electron chi connectivity index (χ2n) is 7.37. The third kappa shape index (κ3) is 4.13. The number of benzene rings is 3. The molecular formula is C25H25N3O. The minimum absolute atomic E-state index is 0.0503. The molecule has 4 rings (SSSR count). The monoisotopic (exact) mass is 383 g/mol. The van der Waals surface area contributed by atoms with Crippen molar-refractivity contribution in [3.8, 4) is 0 Å². The fourth-order valence-electron chi connectivity index (χ4n) is 3.63. The summed E-state index contributed by atoms with van der Waals surface area (Å²) in [4.78, 5) is 21.9. The van der Waals surface area contributed by atoms with Crippen LogP contribution in [0.5, 0.6) is 0 Å². The molecular weight excluding hydrogens is 358 g/mol. The van der Waals surface area contributed by atoms with Crippen LogP contribution in [0.1, 0.15) is 23.6 Å². The Labute approximate surface area is 172 Å². The van der Waals surface area contributed by atoms with Gasteiger partial charge in [0.2, 0.25) is 0 Å². The van der Waals surface area contributed by atoms with Crippen molar-refractivity contribution in [3.63, 3.8) is 0 Å². The van der Waals surface area contributed by atoms with E-state index in [4.69, 9.17) is 4.99 Å². The molecule has 0 fully saturated rings. The predicted octanol–water partition coefficient (Wildman–Crippen LogP) is 4.81. The number of fused-ring (bicyclic) bond motifs is 1. The molecule has 4 nitrogen and oxygen atoms in total. The molecule has 0 spiro atoms. The summed E-state index contributed by atoms with van der Waals surface area (Å²) < 4.78 is 0. The first-order chi connectivity index (χ1) is 14.2. The average molecular weight is 383 g/mol. The van der Waals surface area contributed by atoms with Crippen LogP contribution in [0.25, 0.3) is 0 Å². The van der Waals surface area contributed by atoms with Crippen LogP contribution < -0.4 is 4.90 Å². The van der Waals surface area contributed by atoms with Crippen molar-refractivity contribution >= 4 is 23.0 Å². The van der Waals surface area contributed by atoms with Crippen LogP contribution in [0.3, 0.4) is 0 Å². The van der Waals surface area contributed by atoms with Gasteiger partial charge in [0.1, 0.15) is 5.71 Å². The highest BCUT2D eigenvalue weighted by atomic mass is 16.2. The number of amides is 1. The summed E-state index contributed by atoms with van der Waals surface area (Å²) in [5.41, 5.74) is 5.61. The molecule has 1 aliphatic rings. The highest BCUT2D eigenvalue weighted by molar-refractivity contribution is 6.54. The lowest BCUT2D eigenvalue weighted by atomic mass is 10.1. The Morgan fingerprint density at radius 1 is 0.862 bits per heavy atom. The molecule has 0 aromatic heterocycles. The molecule has 0 radical (unpaired) electrons. The molecule has 1 amide bonds. The van der Waals surface area contributed by atoms with Crippen LogP contribution in [0.2, 0.25) is 0 Å². The van der Waals surface area contributed by atoms with Crippen molar-refractivity contribution < 1.29 is 4.79 Å². The Morgan fingerprint density at radius 3 is 2.28 bits per heavy atom. The largest absolute Gasteiger partial charge is 0.293 e. The van der Waals surface area contributed by atoms with Crippen LogP contribution in [-0.2, 0) is 17.8 Å². The van der Waals surface area contributed by atoms with Gasteiger partial charge < -0.3 is 0 Å². The highest BCUT2D eigenvalue weighted by Gasteiger charge is 2.34. The van der Waals surface area contributed by atoms with Crippen molar-refractivity contribution in [2.45, 2.75) is 19.9 Å². The van der Waals surface area contributed by atoms with Gasteiger partial charge in [0.25, 0.3) is 5.91 Å². The maximum absolute atomic E-state index is 13.2. The zero-order valence-corrected chi connectivity index (χ0v) is 16.9. The lowest BCUT2D eigenvalue weighted by Crippen LogP contribution is -2.39. The second kappa shape index (κ2) is 8.41. The van der Waals surface area contributed by atoms with Crippen molar-refractivity contribution in [2.75, 3.05) is 18.6 Å². The number of hydrogen-bond donors (Lipinski definition) is 0. The van der Waals surface area contributed by atoms with Crippen LogP contribution in [0, 0.1) is 0 Å². The molecule has 1 aliphatic heterocycles. The lowest BCUT2D eigenvalue weighted by molar-refractivity contribution is -0.112. The number of aliphatic imine (C=N–C) groups is 1. The lowest BCUT2D eigenvalue weighted by Gasteiger charge is -2.24. The first-order valence-corrected chi connectivity index (χ1v) is 9.97. The zero-order valence-electron chi connectivity index (χ0n) is 16.9. The minimum Gasteiger partial charge on any atom is -0.293 e. The second-order valence-corrected chi connectivity index (χ2v) is 7.37. The van der Waals surface area contributed by atoms with E-state index in [-0.39, 0.29) is 5.91 Å². The van der Waals surface area contributed by atoms with E-state index in [0.717, 1.165) is 29.9 Å². The van der Waals surface area contributed by atoms with E-state index < -0.39 is 0 Å². The first-order valence-electron chi connectivity index (χ1n) is 9.97. The van der Waals surface area contributed by atoms with E-state index in [1.807, 2.05) is 66.5 Å². The van der Waals surface area contributed by atoms with Crippen LogP contribution in [0.15, 0.2) is 83.9 Å². The zero-order chi connectivity index (χ0) is 20.2. The third-order valence-corrected chi connectivity index (χ3v) is 5.16. The summed E-state index contributed by atoms with van der Waals surface area (Å²) in [6.07, 6.45) is 0.986. The van der Waals surface area contributed by atoms with Crippen LogP contribution in [-0.4, -0.2) is 30.2 Å². The standard InChI is InChI=1S/C25H25N3O/c1-3-19-13-15-21(16-14-19)26-24-22-11-7-8-12-23(22)28(25(24)29)18-27(2)17-20-9-5-4-6-10-20/h4-16H,3,17-18H2,1-2H3. The Balaban J connectivity index is 1.59. The highest BCUT2D eigenvalue weighted by Crippen LogP contribution is 2.31. The van der Waals surface area contributed by atoms with Gasteiger partial charge in [-0.2, -0.15) is 0 Å². The third-order valence-electron chi connectivity index (χ3n) is 5.16. The van der Waals surface area contributed by atoms with Gasteiger partial charge in [-0.15, -0.1) is 0 Å². The Bertz CT molecular complexity index is 1030. The number of carbonyl (C=O) groups excluding carboxylic acids is 1. The first kappa shape index (κ1) is 19.1. The summed E-state index contributed by atoms with van der Waals surface area (Å²) in [6.45, 7) is 3.41. The SMILES string of the molecule is CCc1ccc(N=C2C(=O)N(CN(C)Cc3ccccc3)c3ccccc32)cc1. The molecule has 3 aromatic rings. The fraction of sp³-hybridized carbons (Fsp3) is 0.200. The summed E-state index contributed by atoms with van der Waals surface area (Å²) in [6, 6.07) is 26.3. The minimum atomic E-state index is -0.0503. The molecule has 0 saturated heterocycles. The molecule has 29 heavy (non-hydrogen) atoms. The summed E-state index contributed by atoms with van der Waals surface area (Å²) in [7, 11) is 2.03. The van der Waals surface area contributed by atoms with Crippen molar-refractivity contribution in [1.82, 2.24) is 4.90 Å². The normalized spacial score (nSPS) is 14.7. The molecule has 1 heterocycles. The maximum atomic E-state index is 13.2. The van der Waals surface area contributed by atoms with Gasteiger partial charge >= 0.3 is 0 Å². The fourth-order valence-corrected chi connectivity index (χ4v) is 3.63. The topological polar surface area (TPSA) is 35.9 Å². The van der Waals surface area contributed by atoms with Gasteiger partial charge in [0.05, 0.1) is 18.0 Å². The Morgan fingerprint density at radius 2 is 1.55 bits per heavy atom. The van der Waals surface area contributed by atoms with Crippen molar-refractivity contribution in [1.29, 1.82) is 0 Å². The van der Waals surface area contributed by atoms with Gasteiger partial charge in [-0.1, -0.05) is 67.6 Å². The van der Waals surface area contributed by atoms with E-state index >= 15 is 0 Å². The average Bonchev–Trinajstić information content (AvgIpc) is 3.01. The maximum Gasteiger partial charge on any atom is 0.278 e. The number of nitrogens with zero attached hydrogens (tertiary/aromatic N) is 3. The molecule has 3 aromatic carbocycles. The summed E-state index contributed by atoms with van der Waals surface area (Å²) >= 11 is 0. The number of para-hydroxylation sites is 1. The number of carbonyl (C=O) groups is 1. The molecule has 0 aliphatic carbocycles. The van der Waals surface area contributed by atoms with Gasteiger partial charge in [0.15, 0.2) is 0 Å². The number of rotatable bonds is 6. The Kier molecular flexibility index (Phi) is 5.54. The van der Waals surface area contributed by atoms with E-state index in [0.29, 0.717) is 12.4 Å². The predicted molar refractivity (Wildman–Crippen MR) is 119 cm³/mol. The van der Waals surface area contributed by atoms with Gasteiger partial charge in [0, 0.05) is 12.1 Å². The molecule has 0 saturated carbocycles. The smallest absolute Gasteiger partial charge is 0.278 e. The summed E-state index contributed by atoms with van der Waals surface area (Å²) in [5, 5.41) is 0. The van der Waals surface area contributed by atoms with Gasteiger partial charge in [-0.05, 0) is 42.8 Å². The molecule has 0 unspecified atom stereocenters. The molecule has 146 valence electrons. The van der Waals surface area contributed by atoms with Crippen LogP contribution >= 0.6 is 0 Å². The molecule has 0 N–H and O–H groups in total. The van der Waals surface area contributed by atoms with Gasteiger partial charge in [-0.3, -0.25) is 14.6 Å².